The van der Waals surface area contributed by atoms with Gasteiger partial charge in [0.05, 0.1) is 11.8 Å². The first-order chi connectivity index (χ1) is 10.5. The van der Waals surface area contributed by atoms with Crippen molar-refractivity contribution in [2.24, 2.45) is 0 Å². The molecule has 6 nitrogen and oxygen atoms in total. The maximum atomic E-state index is 11.6. The molecule has 2 N–H and O–H groups in total. The van der Waals surface area contributed by atoms with Crippen molar-refractivity contribution in [2.75, 3.05) is 0 Å². The predicted octanol–water partition coefficient (Wildman–Crippen LogP) is 1.88. The Morgan fingerprint density at radius 3 is 2.59 bits per heavy atom. The average molecular weight is 316 g/mol. The summed E-state index contributed by atoms with van der Waals surface area (Å²) in [6, 6.07) is 11.6. The van der Waals surface area contributed by atoms with E-state index in [0.717, 1.165) is 11.1 Å². The molecule has 3 aromatic rings. The zero-order chi connectivity index (χ0) is 15.7. The van der Waals surface area contributed by atoms with Crippen molar-refractivity contribution in [3.63, 3.8) is 0 Å². The van der Waals surface area contributed by atoms with Gasteiger partial charge in [0.1, 0.15) is 11.3 Å². The third-order valence-electron chi connectivity index (χ3n) is 3.43. The smallest absolute Gasteiger partial charge is 0.290 e. The predicted molar refractivity (Wildman–Crippen MR) is 83.2 cm³/mol. The maximum absolute atomic E-state index is 11.6. The number of para-hydroxylation sites is 1. The van der Waals surface area contributed by atoms with Crippen molar-refractivity contribution in [2.45, 2.75) is 6.54 Å². The van der Waals surface area contributed by atoms with Crippen LogP contribution in [-0.4, -0.2) is 25.6 Å². The molecule has 0 fully saturated rings. The van der Waals surface area contributed by atoms with Crippen molar-refractivity contribution in [3.05, 3.63) is 54.4 Å². The van der Waals surface area contributed by atoms with Gasteiger partial charge in [-0.25, -0.2) is 4.98 Å². The van der Waals surface area contributed by atoms with E-state index in [1.807, 2.05) is 10.6 Å². The lowest BCUT2D eigenvalue weighted by molar-refractivity contribution is 0.480. The fourth-order valence-electron chi connectivity index (χ4n) is 2.27. The minimum atomic E-state index is -3.89. The molecule has 0 saturated heterocycles. The van der Waals surface area contributed by atoms with Gasteiger partial charge in [0.25, 0.3) is 7.37 Å². The van der Waals surface area contributed by atoms with Gasteiger partial charge in [-0.15, -0.1) is 0 Å². The number of hydrogen-bond acceptors (Lipinski definition) is 4. The van der Waals surface area contributed by atoms with Crippen LogP contribution < -0.4 is 5.30 Å². The molecule has 0 aliphatic rings. The van der Waals surface area contributed by atoms with Crippen LogP contribution in [0.2, 0.25) is 0 Å². The Hall–Kier alpha value is -2.43. The van der Waals surface area contributed by atoms with E-state index in [1.165, 1.54) is 12.1 Å². The summed E-state index contributed by atoms with van der Waals surface area (Å²) in [6.45, 7) is 0.497. The molecule has 1 atom stereocenters. The van der Waals surface area contributed by atoms with Crippen LogP contribution in [0.15, 0.2) is 48.8 Å². The van der Waals surface area contributed by atoms with E-state index in [1.54, 1.807) is 30.6 Å². The summed E-state index contributed by atoms with van der Waals surface area (Å²) in [5, 5.41) is 9.85. The highest BCUT2D eigenvalue weighted by atomic mass is 31.2. The van der Waals surface area contributed by atoms with Crippen LogP contribution >= 0.6 is 7.37 Å². The van der Waals surface area contributed by atoms with E-state index in [-0.39, 0.29) is 17.1 Å². The molecular formula is C15H13N2O4P. The summed E-state index contributed by atoms with van der Waals surface area (Å²) in [7, 11) is -3.89. The summed E-state index contributed by atoms with van der Waals surface area (Å²) in [5.74, 6) is 0.124. The van der Waals surface area contributed by atoms with Crippen LogP contribution in [0.1, 0.15) is 5.56 Å². The third-order valence-corrected chi connectivity index (χ3v) is 4.75. The second-order valence-corrected chi connectivity index (χ2v) is 6.89. The molecule has 1 unspecified atom stereocenters. The van der Waals surface area contributed by atoms with Crippen molar-refractivity contribution in [3.8, 4) is 5.75 Å². The minimum Gasteiger partial charge on any atom is -0.506 e. The molecule has 112 valence electrons. The Kier molecular flexibility index (Phi) is 3.56. The van der Waals surface area contributed by atoms with Gasteiger partial charge in [-0.1, -0.05) is 18.2 Å². The SMILES string of the molecule is O=CP(=O)(O)c1ccc(Cn2cnc3c(O)cccc32)cc1. The van der Waals surface area contributed by atoms with Gasteiger partial charge < -0.3 is 14.6 Å². The van der Waals surface area contributed by atoms with Crippen LogP contribution in [0.3, 0.4) is 0 Å². The Bertz CT molecular complexity index is 886. The standard InChI is InChI=1S/C15H13N2O4P/c18-10-22(20,21)12-6-4-11(5-7-12)8-17-9-16-15-13(17)2-1-3-14(15)19/h1-7,9-10,19H,8H2,(H,20,21). The number of imidazole rings is 1. The summed E-state index contributed by atoms with van der Waals surface area (Å²) >= 11 is 0. The molecule has 0 spiro atoms. The van der Waals surface area contributed by atoms with E-state index in [0.29, 0.717) is 12.1 Å². The molecular weight excluding hydrogens is 303 g/mol. The molecule has 0 bridgehead atoms. The van der Waals surface area contributed by atoms with E-state index in [2.05, 4.69) is 4.98 Å². The number of carbonyl (C=O) groups is 1. The largest absolute Gasteiger partial charge is 0.506 e. The van der Waals surface area contributed by atoms with Gasteiger partial charge in [-0.05, 0) is 29.8 Å². The molecule has 0 radical (unpaired) electrons. The number of nitrogens with zero attached hydrogens (tertiary/aromatic N) is 2. The first-order valence-electron chi connectivity index (χ1n) is 6.52. The number of hydrogen-bond donors (Lipinski definition) is 2. The monoisotopic (exact) mass is 316 g/mol. The highest BCUT2D eigenvalue weighted by Gasteiger charge is 2.19. The Labute approximate surface area is 126 Å². The second kappa shape index (κ2) is 5.40. The van der Waals surface area contributed by atoms with Crippen LogP contribution in [0.25, 0.3) is 11.0 Å². The Morgan fingerprint density at radius 2 is 1.91 bits per heavy atom. The van der Waals surface area contributed by atoms with Gasteiger partial charge in [0.15, 0.2) is 0 Å². The highest BCUT2D eigenvalue weighted by molar-refractivity contribution is 7.79. The minimum absolute atomic E-state index is 0.0775. The summed E-state index contributed by atoms with van der Waals surface area (Å²) in [4.78, 5) is 24.2. The lowest BCUT2D eigenvalue weighted by atomic mass is 10.2. The van der Waals surface area contributed by atoms with E-state index >= 15 is 0 Å². The van der Waals surface area contributed by atoms with Crippen molar-refractivity contribution in [1.29, 1.82) is 0 Å². The van der Waals surface area contributed by atoms with Crippen molar-refractivity contribution >= 4 is 29.7 Å². The van der Waals surface area contributed by atoms with Gasteiger partial charge in [-0.3, -0.25) is 9.36 Å². The zero-order valence-corrected chi connectivity index (χ0v) is 12.4. The molecule has 0 saturated carbocycles. The normalized spacial score (nSPS) is 13.9. The summed E-state index contributed by atoms with van der Waals surface area (Å²) < 4.78 is 13.4. The average Bonchev–Trinajstić information content (AvgIpc) is 2.92. The summed E-state index contributed by atoms with van der Waals surface area (Å²) in [5.41, 5.74) is 2.21. The molecule has 0 aliphatic heterocycles. The number of rotatable bonds is 4. The fourth-order valence-corrected chi connectivity index (χ4v) is 2.97. The molecule has 0 amide bonds. The highest BCUT2D eigenvalue weighted by Crippen LogP contribution is 2.34. The van der Waals surface area contributed by atoms with Crippen LogP contribution in [0.5, 0.6) is 5.75 Å². The number of fused-ring (bicyclic) bond motifs is 1. The fraction of sp³-hybridized carbons (Fsp3) is 0.0667. The van der Waals surface area contributed by atoms with Gasteiger partial charge in [0, 0.05) is 11.8 Å². The number of phenols is 1. The number of benzene rings is 2. The molecule has 22 heavy (non-hydrogen) atoms. The molecule has 3 rings (SSSR count). The van der Waals surface area contributed by atoms with Gasteiger partial charge >= 0.3 is 0 Å². The number of phenolic OH excluding ortho intramolecular Hbond substituents is 1. The van der Waals surface area contributed by atoms with E-state index in [4.69, 9.17) is 0 Å². The lowest BCUT2D eigenvalue weighted by Crippen LogP contribution is -2.06. The van der Waals surface area contributed by atoms with Crippen molar-refractivity contribution in [1.82, 2.24) is 9.55 Å². The molecule has 1 aromatic heterocycles. The van der Waals surface area contributed by atoms with Crippen molar-refractivity contribution < 1.29 is 19.4 Å². The topological polar surface area (TPSA) is 92.4 Å². The van der Waals surface area contributed by atoms with Crippen LogP contribution in [0, 0.1) is 0 Å². The van der Waals surface area contributed by atoms with E-state index < -0.39 is 7.37 Å². The quantitative estimate of drug-likeness (QED) is 0.566. The zero-order valence-electron chi connectivity index (χ0n) is 11.5. The van der Waals surface area contributed by atoms with Gasteiger partial charge in [0.2, 0.25) is 6.03 Å². The maximum Gasteiger partial charge on any atom is 0.290 e. The number of aromatic nitrogens is 2. The Balaban J connectivity index is 1.91. The molecule has 2 aromatic carbocycles. The second-order valence-electron chi connectivity index (χ2n) is 4.91. The molecule has 0 aliphatic carbocycles. The number of aromatic hydroxyl groups is 1. The first-order valence-corrected chi connectivity index (χ1v) is 8.25. The van der Waals surface area contributed by atoms with E-state index in [9.17, 15) is 19.4 Å². The van der Waals surface area contributed by atoms with Crippen LogP contribution in [0.4, 0.5) is 0 Å². The van der Waals surface area contributed by atoms with Gasteiger partial charge in [-0.2, -0.15) is 0 Å². The first kappa shape index (κ1) is 14.5. The number of carbonyl (C=O) groups excluding carboxylic acids is 1. The summed E-state index contributed by atoms with van der Waals surface area (Å²) in [6.07, 6.45) is 1.63. The molecule has 7 heteroatoms. The third kappa shape index (κ3) is 2.54. The van der Waals surface area contributed by atoms with Crippen LogP contribution in [-0.2, 0) is 15.9 Å². The molecule has 1 heterocycles. The Morgan fingerprint density at radius 1 is 1.18 bits per heavy atom. The lowest BCUT2D eigenvalue weighted by Gasteiger charge is -2.07.